The van der Waals surface area contributed by atoms with Gasteiger partial charge in [0.05, 0.1) is 6.21 Å². The van der Waals surface area contributed by atoms with Gasteiger partial charge in [-0.1, -0.05) is 42.5 Å². The molecule has 1 heterocycles. The number of alkyl halides is 2. The molecule has 0 aliphatic carbocycles. The first-order valence-electron chi connectivity index (χ1n) is 7.71. The average molecular weight is 359 g/mol. The van der Waals surface area contributed by atoms with Crippen LogP contribution in [0.3, 0.4) is 0 Å². The van der Waals surface area contributed by atoms with Crippen LogP contribution in [-0.4, -0.2) is 29.8 Å². The molecule has 2 aromatic carbocycles. The predicted molar refractivity (Wildman–Crippen MR) is 89.8 cm³/mol. The number of carbonyl (C=O) groups excluding carboxylic acids is 2. The lowest BCUT2D eigenvalue weighted by molar-refractivity contribution is -0.131. The summed E-state index contributed by atoms with van der Waals surface area (Å²) in [5.41, 5.74) is -0.195. The molecule has 0 bridgehead atoms. The maximum Gasteiger partial charge on any atom is 0.387 e. The van der Waals surface area contributed by atoms with Crippen molar-refractivity contribution >= 4 is 18.2 Å². The Morgan fingerprint density at radius 1 is 1.12 bits per heavy atom. The second kappa shape index (κ2) is 6.91. The standard InChI is InChI=1S/C18H15F2N3O3/c1-18(13-7-9-14(10-8-13)26-16(19)20)15(24)23(17(25)22-18)21-11-12-5-3-2-4-6-12/h2-11,16H,1H3,(H,22,25)/b21-11-/t18-/m1/s1. The van der Waals surface area contributed by atoms with Gasteiger partial charge >= 0.3 is 12.6 Å². The molecule has 134 valence electrons. The molecular formula is C18H15F2N3O3. The fourth-order valence-electron chi connectivity index (χ4n) is 2.56. The highest BCUT2D eigenvalue weighted by Gasteiger charge is 2.49. The van der Waals surface area contributed by atoms with Crippen LogP contribution in [-0.2, 0) is 10.3 Å². The molecule has 1 aliphatic heterocycles. The van der Waals surface area contributed by atoms with Gasteiger partial charge in [-0.2, -0.15) is 13.9 Å². The van der Waals surface area contributed by atoms with E-state index in [-0.39, 0.29) is 5.75 Å². The summed E-state index contributed by atoms with van der Waals surface area (Å²) in [5.74, 6) is -0.611. The normalized spacial score (nSPS) is 20.1. The van der Waals surface area contributed by atoms with E-state index >= 15 is 0 Å². The Kier molecular flexibility index (Phi) is 4.66. The second-order valence-corrected chi connectivity index (χ2v) is 5.73. The maximum absolute atomic E-state index is 12.7. The molecular weight excluding hydrogens is 344 g/mol. The Balaban J connectivity index is 1.81. The van der Waals surface area contributed by atoms with Crippen LogP contribution in [0.5, 0.6) is 5.75 Å². The molecule has 1 atom stereocenters. The lowest BCUT2D eigenvalue weighted by Gasteiger charge is -2.21. The van der Waals surface area contributed by atoms with Crippen LogP contribution in [0.25, 0.3) is 0 Å². The highest BCUT2D eigenvalue weighted by atomic mass is 19.3. The van der Waals surface area contributed by atoms with Gasteiger partial charge in [-0.3, -0.25) is 4.79 Å². The van der Waals surface area contributed by atoms with E-state index in [0.29, 0.717) is 5.56 Å². The molecule has 0 radical (unpaired) electrons. The summed E-state index contributed by atoms with van der Waals surface area (Å²) in [6.07, 6.45) is 1.41. The number of imide groups is 1. The molecule has 8 heteroatoms. The fourth-order valence-corrected chi connectivity index (χ4v) is 2.56. The molecule has 2 aromatic rings. The monoisotopic (exact) mass is 359 g/mol. The Morgan fingerprint density at radius 2 is 1.77 bits per heavy atom. The highest BCUT2D eigenvalue weighted by Crippen LogP contribution is 2.30. The van der Waals surface area contributed by atoms with Crippen molar-refractivity contribution in [3.63, 3.8) is 0 Å². The lowest BCUT2D eigenvalue weighted by Crippen LogP contribution is -2.40. The molecule has 0 saturated carbocycles. The lowest BCUT2D eigenvalue weighted by atomic mass is 9.92. The molecule has 1 aliphatic rings. The molecule has 0 unspecified atom stereocenters. The molecule has 26 heavy (non-hydrogen) atoms. The van der Waals surface area contributed by atoms with E-state index in [0.717, 1.165) is 10.6 Å². The van der Waals surface area contributed by atoms with Crippen LogP contribution in [0, 0.1) is 0 Å². The van der Waals surface area contributed by atoms with Crippen LogP contribution in [0.2, 0.25) is 0 Å². The van der Waals surface area contributed by atoms with Crippen molar-refractivity contribution in [2.75, 3.05) is 0 Å². The van der Waals surface area contributed by atoms with Crippen molar-refractivity contribution in [3.05, 3.63) is 65.7 Å². The summed E-state index contributed by atoms with van der Waals surface area (Å²) < 4.78 is 28.7. The number of amides is 3. The first-order chi connectivity index (χ1) is 12.4. The summed E-state index contributed by atoms with van der Waals surface area (Å²) in [6.45, 7) is -1.42. The minimum absolute atomic E-state index is 0.0388. The largest absolute Gasteiger partial charge is 0.435 e. The number of ether oxygens (including phenoxy) is 1. The zero-order chi connectivity index (χ0) is 18.7. The van der Waals surface area contributed by atoms with Crippen molar-refractivity contribution in [2.45, 2.75) is 19.1 Å². The zero-order valence-corrected chi connectivity index (χ0v) is 13.7. The average Bonchev–Trinajstić information content (AvgIpc) is 2.84. The number of benzene rings is 2. The van der Waals surface area contributed by atoms with Crippen molar-refractivity contribution in [3.8, 4) is 5.75 Å². The summed E-state index contributed by atoms with van der Waals surface area (Å²) in [7, 11) is 0. The third-order valence-electron chi connectivity index (χ3n) is 3.95. The molecule has 0 spiro atoms. The third kappa shape index (κ3) is 3.39. The molecule has 1 saturated heterocycles. The number of nitrogens with one attached hydrogen (secondary N) is 1. The number of halogens is 2. The first-order valence-corrected chi connectivity index (χ1v) is 7.71. The predicted octanol–water partition coefficient (Wildman–Crippen LogP) is 3.09. The molecule has 1 N–H and O–H groups in total. The van der Waals surface area contributed by atoms with E-state index in [1.807, 2.05) is 6.07 Å². The van der Waals surface area contributed by atoms with E-state index in [4.69, 9.17) is 0 Å². The number of nitrogens with zero attached hydrogens (tertiary/aromatic N) is 2. The maximum atomic E-state index is 12.7. The fraction of sp³-hybridized carbons (Fsp3) is 0.167. The Hall–Kier alpha value is -3.29. The van der Waals surface area contributed by atoms with Gasteiger partial charge < -0.3 is 10.1 Å². The van der Waals surface area contributed by atoms with Crippen LogP contribution in [0.15, 0.2) is 59.7 Å². The Labute approximate surface area is 148 Å². The summed E-state index contributed by atoms with van der Waals surface area (Å²) in [6, 6.07) is 13.8. The van der Waals surface area contributed by atoms with Crippen LogP contribution in [0.4, 0.5) is 13.6 Å². The van der Waals surface area contributed by atoms with Crippen molar-refractivity contribution < 1.29 is 23.1 Å². The second-order valence-electron chi connectivity index (χ2n) is 5.73. The van der Waals surface area contributed by atoms with Gasteiger partial charge in [-0.05, 0) is 30.2 Å². The Bertz CT molecular complexity index is 841. The van der Waals surface area contributed by atoms with Crippen LogP contribution < -0.4 is 10.1 Å². The van der Waals surface area contributed by atoms with Gasteiger partial charge in [0.25, 0.3) is 5.91 Å². The summed E-state index contributed by atoms with van der Waals surface area (Å²) >= 11 is 0. The topological polar surface area (TPSA) is 71.0 Å². The molecule has 1 fully saturated rings. The van der Waals surface area contributed by atoms with Gasteiger partial charge in [0.15, 0.2) is 0 Å². The molecule has 0 aromatic heterocycles. The number of rotatable bonds is 5. The summed E-state index contributed by atoms with van der Waals surface area (Å²) in [5, 5.41) is 7.28. The highest BCUT2D eigenvalue weighted by molar-refractivity contribution is 6.07. The minimum Gasteiger partial charge on any atom is -0.435 e. The van der Waals surface area contributed by atoms with Crippen molar-refractivity contribution in [2.24, 2.45) is 5.10 Å². The Morgan fingerprint density at radius 3 is 2.38 bits per heavy atom. The smallest absolute Gasteiger partial charge is 0.387 e. The van der Waals surface area contributed by atoms with E-state index in [2.05, 4.69) is 15.2 Å². The summed E-state index contributed by atoms with van der Waals surface area (Å²) in [4.78, 5) is 24.9. The minimum atomic E-state index is -2.94. The van der Waals surface area contributed by atoms with E-state index in [9.17, 15) is 18.4 Å². The SMILES string of the molecule is C[C@]1(c2ccc(OC(F)F)cc2)NC(=O)N(/N=C\c2ccccc2)C1=O. The van der Waals surface area contributed by atoms with Crippen molar-refractivity contribution in [1.29, 1.82) is 0 Å². The van der Waals surface area contributed by atoms with Crippen LogP contribution >= 0.6 is 0 Å². The van der Waals surface area contributed by atoms with E-state index in [1.54, 1.807) is 24.3 Å². The van der Waals surface area contributed by atoms with Crippen LogP contribution in [0.1, 0.15) is 18.1 Å². The first kappa shape index (κ1) is 17.5. The van der Waals surface area contributed by atoms with Gasteiger partial charge in [-0.25, -0.2) is 4.79 Å². The molecule has 6 nitrogen and oxygen atoms in total. The van der Waals surface area contributed by atoms with E-state index < -0.39 is 24.1 Å². The van der Waals surface area contributed by atoms with Gasteiger partial charge in [-0.15, -0.1) is 5.01 Å². The van der Waals surface area contributed by atoms with Gasteiger partial charge in [0.1, 0.15) is 11.3 Å². The quantitative estimate of drug-likeness (QED) is 0.659. The number of carbonyl (C=O) groups is 2. The van der Waals surface area contributed by atoms with Gasteiger partial charge in [0.2, 0.25) is 0 Å². The number of hydrogen-bond acceptors (Lipinski definition) is 4. The number of hydrogen-bond donors (Lipinski definition) is 1. The van der Waals surface area contributed by atoms with Gasteiger partial charge in [0, 0.05) is 0 Å². The van der Waals surface area contributed by atoms with Crippen molar-refractivity contribution in [1.82, 2.24) is 10.3 Å². The number of hydrazone groups is 1. The number of urea groups is 1. The molecule has 3 rings (SSSR count). The van der Waals surface area contributed by atoms with E-state index in [1.165, 1.54) is 37.4 Å². The zero-order valence-electron chi connectivity index (χ0n) is 13.7. The molecule has 3 amide bonds. The third-order valence-corrected chi connectivity index (χ3v) is 3.95.